The van der Waals surface area contributed by atoms with Gasteiger partial charge in [-0.15, -0.1) is 16.4 Å². The normalized spacial score (nSPS) is 15.6. The van der Waals surface area contributed by atoms with Crippen LogP contribution in [0.15, 0.2) is 72.1 Å². The van der Waals surface area contributed by atoms with Gasteiger partial charge >= 0.3 is 0 Å². The van der Waals surface area contributed by atoms with Gasteiger partial charge in [0.15, 0.2) is 5.82 Å². The number of tetrazole rings is 1. The second-order valence-corrected chi connectivity index (χ2v) is 8.81. The van der Waals surface area contributed by atoms with Crippen molar-refractivity contribution in [2.75, 3.05) is 38.2 Å². The number of rotatable bonds is 7. The van der Waals surface area contributed by atoms with Gasteiger partial charge < -0.3 is 9.64 Å². The number of hydrogen-bond acceptors (Lipinski definition) is 7. The fourth-order valence-corrected chi connectivity index (χ4v) is 5.03. The highest BCUT2D eigenvalue weighted by Crippen LogP contribution is 2.32. The molecular weight excluding hydrogens is 420 g/mol. The highest BCUT2D eigenvalue weighted by molar-refractivity contribution is 7.09. The Balaban J connectivity index is 1.41. The van der Waals surface area contributed by atoms with Crippen LogP contribution in [0.4, 0.5) is 5.69 Å². The average Bonchev–Trinajstić information content (AvgIpc) is 3.53. The minimum absolute atomic E-state index is 0.00554. The van der Waals surface area contributed by atoms with Crippen LogP contribution in [0.3, 0.4) is 0 Å². The summed E-state index contributed by atoms with van der Waals surface area (Å²) in [7, 11) is 1.73. The molecular formula is C24H26N6OS. The van der Waals surface area contributed by atoms with Crippen molar-refractivity contribution in [2.45, 2.75) is 12.6 Å². The van der Waals surface area contributed by atoms with E-state index in [0.717, 1.165) is 43.4 Å². The maximum Gasteiger partial charge on any atom is 0.173 e. The Morgan fingerprint density at radius 1 is 0.938 bits per heavy atom. The lowest BCUT2D eigenvalue weighted by Crippen LogP contribution is -2.48. The number of thiophene rings is 1. The average molecular weight is 447 g/mol. The van der Waals surface area contributed by atoms with E-state index in [-0.39, 0.29) is 6.04 Å². The lowest BCUT2D eigenvalue weighted by Gasteiger charge is -2.40. The molecule has 0 N–H and O–H groups in total. The van der Waals surface area contributed by atoms with Gasteiger partial charge in [0.05, 0.1) is 25.4 Å². The predicted molar refractivity (Wildman–Crippen MR) is 126 cm³/mol. The molecule has 0 radical (unpaired) electrons. The molecule has 7 nitrogen and oxygen atoms in total. The van der Waals surface area contributed by atoms with Gasteiger partial charge in [0.25, 0.3) is 0 Å². The molecule has 1 aliphatic rings. The molecule has 3 heterocycles. The standard InChI is InChI=1S/C24H26N6OS/c1-31-22-12-6-5-11-21(22)28-13-15-29(16-14-28)23(19-8-3-2-4-9-19)24-25-26-27-30(24)18-20-10-7-17-32-20/h2-12,17,23H,13-16,18H2,1H3. The summed E-state index contributed by atoms with van der Waals surface area (Å²) in [5, 5.41) is 14.9. The van der Waals surface area contributed by atoms with Crippen molar-refractivity contribution in [2.24, 2.45) is 0 Å². The topological polar surface area (TPSA) is 59.3 Å². The van der Waals surface area contributed by atoms with Crippen LogP contribution in [0.1, 0.15) is 22.3 Å². The molecule has 1 aliphatic heterocycles. The maximum atomic E-state index is 5.58. The van der Waals surface area contributed by atoms with Gasteiger partial charge in [-0.05, 0) is 39.6 Å². The zero-order valence-corrected chi connectivity index (χ0v) is 18.9. The Hall–Kier alpha value is -3.23. The molecule has 0 saturated carbocycles. The van der Waals surface area contributed by atoms with Crippen LogP contribution >= 0.6 is 11.3 Å². The van der Waals surface area contributed by atoms with E-state index in [0.29, 0.717) is 6.54 Å². The molecule has 5 rings (SSSR count). The number of ether oxygens (including phenoxy) is 1. The van der Waals surface area contributed by atoms with Crippen molar-refractivity contribution in [1.82, 2.24) is 25.1 Å². The first-order valence-corrected chi connectivity index (χ1v) is 11.7. The summed E-state index contributed by atoms with van der Waals surface area (Å²) >= 11 is 1.73. The molecule has 4 aromatic rings. The summed E-state index contributed by atoms with van der Waals surface area (Å²) in [4.78, 5) is 6.12. The van der Waals surface area contributed by atoms with Gasteiger partial charge in [0.1, 0.15) is 5.75 Å². The van der Waals surface area contributed by atoms with Crippen molar-refractivity contribution >= 4 is 17.0 Å². The van der Waals surface area contributed by atoms with E-state index in [1.165, 1.54) is 10.4 Å². The molecule has 0 bridgehead atoms. The summed E-state index contributed by atoms with van der Waals surface area (Å²) in [6, 6.07) is 23.0. The number of anilines is 1. The number of aromatic nitrogens is 4. The van der Waals surface area contributed by atoms with Crippen LogP contribution in [-0.4, -0.2) is 58.4 Å². The maximum absolute atomic E-state index is 5.58. The number of piperazine rings is 1. The number of hydrogen-bond donors (Lipinski definition) is 0. The first kappa shape index (κ1) is 20.7. The van der Waals surface area contributed by atoms with Crippen molar-refractivity contribution in [3.05, 3.63) is 88.4 Å². The molecule has 1 fully saturated rings. The lowest BCUT2D eigenvalue weighted by molar-refractivity contribution is 0.201. The number of nitrogens with zero attached hydrogens (tertiary/aromatic N) is 6. The Bertz CT molecular complexity index is 1120. The van der Waals surface area contributed by atoms with Gasteiger partial charge in [-0.25, -0.2) is 4.68 Å². The highest BCUT2D eigenvalue weighted by Gasteiger charge is 2.31. The van der Waals surface area contributed by atoms with Crippen molar-refractivity contribution in [3.63, 3.8) is 0 Å². The molecule has 164 valence electrons. The zero-order valence-electron chi connectivity index (χ0n) is 18.0. The monoisotopic (exact) mass is 446 g/mol. The third kappa shape index (κ3) is 4.24. The fourth-order valence-electron chi connectivity index (χ4n) is 4.34. The van der Waals surface area contributed by atoms with E-state index in [1.54, 1.807) is 18.4 Å². The molecule has 1 unspecified atom stereocenters. The molecule has 8 heteroatoms. The number of benzene rings is 2. The van der Waals surface area contributed by atoms with E-state index < -0.39 is 0 Å². The van der Waals surface area contributed by atoms with Gasteiger partial charge in [-0.3, -0.25) is 4.90 Å². The Labute approximate surface area is 191 Å². The van der Waals surface area contributed by atoms with Crippen molar-refractivity contribution in [3.8, 4) is 5.75 Å². The second kappa shape index (κ2) is 9.50. The van der Waals surface area contributed by atoms with Gasteiger partial charge in [-0.2, -0.15) is 0 Å². The largest absolute Gasteiger partial charge is 0.495 e. The van der Waals surface area contributed by atoms with Crippen molar-refractivity contribution < 1.29 is 4.74 Å². The van der Waals surface area contributed by atoms with Crippen LogP contribution in [-0.2, 0) is 6.54 Å². The lowest BCUT2D eigenvalue weighted by atomic mass is 10.0. The molecule has 32 heavy (non-hydrogen) atoms. The van der Waals surface area contributed by atoms with Crippen LogP contribution < -0.4 is 9.64 Å². The van der Waals surface area contributed by atoms with E-state index in [9.17, 15) is 0 Å². The Morgan fingerprint density at radius 3 is 2.47 bits per heavy atom. The third-order valence-corrected chi connectivity index (χ3v) is 6.77. The molecule has 1 atom stereocenters. The first-order valence-electron chi connectivity index (χ1n) is 10.8. The fraction of sp³-hybridized carbons (Fsp3) is 0.292. The molecule has 2 aromatic carbocycles. The molecule has 1 saturated heterocycles. The summed E-state index contributed by atoms with van der Waals surface area (Å²) in [6.45, 7) is 4.32. The minimum Gasteiger partial charge on any atom is -0.495 e. The second-order valence-electron chi connectivity index (χ2n) is 7.78. The predicted octanol–water partition coefficient (Wildman–Crippen LogP) is 3.70. The summed E-state index contributed by atoms with van der Waals surface area (Å²) in [5.74, 6) is 1.80. The van der Waals surface area contributed by atoms with Gasteiger partial charge in [0, 0.05) is 31.1 Å². The van der Waals surface area contributed by atoms with Crippen LogP contribution in [0.25, 0.3) is 0 Å². The molecule has 0 aliphatic carbocycles. The molecule has 0 amide bonds. The van der Waals surface area contributed by atoms with E-state index in [2.05, 4.69) is 85.3 Å². The van der Waals surface area contributed by atoms with Crippen molar-refractivity contribution in [1.29, 1.82) is 0 Å². The van der Waals surface area contributed by atoms with Crippen LogP contribution in [0, 0.1) is 0 Å². The summed E-state index contributed by atoms with van der Waals surface area (Å²) in [5.41, 5.74) is 2.36. The quantitative estimate of drug-likeness (QED) is 0.431. The first-order chi connectivity index (χ1) is 15.8. The molecule has 2 aromatic heterocycles. The smallest absolute Gasteiger partial charge is 0.173 e. The van der Waals surface area contributed by atoms with E-state index in [4.69, 9.17) is 4.74 Å². The highest BCUT2D eigenvalue weighted by atomic mass is 32.1. The minimum atomic E-state index is 0.00554. The molecule has 0 spiro atoms. The number of methoxy groups -OCH3 is 1. The SMILES string of the molecule is COc1ccccc1N1CCN(C(c2ccccc2)c2nnnn2Cc2cccs2)CC1. The zero-order chi connectivity index (χ0) is 21.8. The van der Waals surface area contributed by atoms with Crippen LogP contribution in [0.5, 0.6) is 5.75 Å². The van der Waals surface area contributed by atoms with Gasteiger partial charge in [-0.1, -0.05) is 48.5 Å². The Morgan fingerprint density at radius 2 is 1.72 bits per heavy atom. The van der Waals surface area contributed by atoms with E-state index in [1.807, 2.05) is 16.8 Å². The van der Waals surface area contributed by atoms with Gasteiger partial charge in [0.2, 0.25) is 0 Å². The van der Waals surface area contributed by atoms with Crippen LogP contribution in [0.2, 0.25) is 0 Å². The summed E-state index contributed by atoms with van der Waals surface area (Å²) in [6.07, 6.45) is 0. The number of para-hydroxylation sites is 2. The third-order valence-electron chi connectivity index (χ3n) is 5.91. The Kier molecular flexibility index (Phi) is 6.13. The summed E-state index contributed by atoms with van der Waals surface area (Å²) < 4.78 is 7.52. The van der Waals surface area contributed by atoms with E-state index >= 15 is 0 Å².